The smallest absolute Gasteiger partial charge is 0.337 e. The van der Waals surface area contributed by atoms with E-state index >= 15 is 0 Å². The number of nitrogens with one attached hydrogen (secondary N) is 1. The van der Waals surface area contributed by atoms with Crippen LogP contribution < -0.4 is 16.6 Å². The van der Waals surface area contributed by atoms with Crippen molar-refractivity contribution in [2.45, 2.75) is 51.1 Å². The number of rotatable bonds is 5. The number of phenolic OH excluding ortho intramolecular Hbond substituents is 1. The summed E-state index contributed by atoms with van der Waals surface area (Å²) < 4.78 is 17.0. The van der Waals surface area contributed by atoms with Crippen molar-refractivity contribution in [2.75, 3.05) is 19.6 Å². The summed E-state index contributed by atoms with van der Waals surface area (Å²) >= 11 is 0. The molecule has 0 bridgehead atoms. The summed E-state index contributed by atoms with van der Waals surface area (Å²) in [5, 5.41) is 13.2. The van der Waals surface area contributed by atoms with Crippen LogP contribution in [0.25, 0.3) is 27.8 Å². The SMILES string of the molecule is O=C1CCN(Cc2cc(O)ccc2-c2cccc(-n3c(=O)n(C4CCCCC4)c(=O)c4cc(F)cnc43)c2)CCN1. The van der Waals surface area contributed by atoms with Crippen molar-refractivity contribution in [3.63, 3.8) is 0 Å². The molecule has 2 N–H and O–H groups in total. The second kappa shape index (κ2) is 11.3. The molecular formula is C31H32FN5O4. The van der Waals surface area contributed by atoms with E-state index in [1.165, 1.54) is 9.13 Å². The minimum Gasteiger partial charge on any atom is -0.508 e. The number of hydrogen-bond donors (Lipinski definition) is 2. The molecule has 1 aliphatic heterocycles. The Morgan fingerprint density at radius 2 is 1.83 bits per heavy atom. The number of nitrogens with zero attached hydrogens (tertiary/aromatic N) is 4. The van der Waals surface area contributed by atoms with Crippen LogP contribution in [0.2, 0.25) is 0 Å². The van der Waals surface area contributed by atoms with Crippen LogP contribution in [0.5, 0.6) is 5.75 Å². The monoisotopic (exact) mass is 557 g/mol. The molecule has 0 radical (unpaired) electrons. The Morgan fingerprint density at radius 3 is 2.66 bits per heavy atom. The van der Waals surface area contributed by atoms with Crippen molar-refractivity contribution >= 4 is 16.9 Å². The van der Waals surface area contributed by atoms with E-state index in [4.69, 9.17) is 0 Å². The van der Waals surface area contributed by atoms with E-state index in [1.807, 2.05) is 24.3 Å². The summed E-state index contributed by atoms with van der Waals surface area (Å²) in [6.07, 6.45) is 5.78. The molecule has 0 spiro atoms. The lowest BCUT2D eigenvalue weighted by molar-refractivity contribution is -0.120. The molecule has 2 fully saturated rings. The Labute approximate surface area is 235 Å². The zero-order chi connectivity index (χ0) is 28.5. The number of hydrogen-bond acceptors (Lipinski definition) is 6. The standard InChI is InChI=1S/C31H32FN5O4/c32-22-17-27-29(34-18-22)36(31(41)37(30(27)40)23-6-2-1-3-7-23)24-8-4-5-20(15-24)26-10-9-25(38)16-21(26)19-35-13-11-28(39)33-12-14-35/h4-5,8-10,15-18,23,38H,1-3,6-7,11-14,19H2,(H,33,39). The lowest BCUT2D eigenvalue weighted by atomic mass is 9.95. The fourth-order valence-corrected chi connectivity index (χ4v) is 6.09. The fraction of sp³-hybridized carbons (Fsp3) is 0.355. The first kappa shape index (κ1) is 26.9. The van der Waals surface area contributed by atoms with E-state index in [2.05, 4.69) is 15.2 Å². The molecule has 3 heterocycles. The molecule has 2 aromatic heterocycles. The fourth-order valence-electron chi connectivity index (χ4n) is 6.09. The average molecular weight is 558 g/mol. The zero-order valence-electron chi connectivity index (χ0n) is 22.7. The molecule has 2 aromatic carbocycles. The Kier molecular flexibility index (Phi) is 7.40. The molecule has 212 valence electrons. The predicted molar refractivity (Wildman–Crippen MR) is 154 cm³/mol. The summed E-state index contributed by atoms with van der Waals surface area (Å²) in [4.78, 5) is 45.6. The number of pyridine rings is 1. The van der Waals surface area contributed by atoms with Gasteiger partial charge in [0.2, 0.25) is 5.91 Å². The van der Waals surface area contributed by atoms with Gasteiger partial charge in [-0.3, -0.25) is 19.1 Å². The number of halogens is 1. The highest BCUT2D eigenvalue weighted by atomic mass is 19.1. The Hall–Kier alpha value is -4.31. The van der Waals surface area contributed by atoms with Crippen LogP contribution in [0, 0.1) is 5.82 Å². The van der Waals surface area contributed by atoms with Crippen LogP contribution in [-0.2, 0) is 11.3 Å². The van der Waals surface area contributed by atoms with Crippen LogP contribution >= 0.6 is 0 Å². The molecule has 0 unspecified atom stereocenters. The Balaban J connectivity index is 1.47. The summed E-state index contributed by atoms with van der Waals surface area (Å²) in [6, 6.07) is 13.5. The Morgan fingerprint density at radius 1 is 1.00 bits per heavy atom. The number of phenols is 1. The zero-order valence-corrected chi connectivity index (χ0v) is 22.7. The molecule has 1 saturated carbocycles. The van der Waals surface area contributed by atoms with Crippen molar-refractivity contribution in [3.05, 3.63) is 86.9 Å². The third-order valence-corrected chi connectivity index (χ3v) is 8.13. The van der Waals surface area contributed by atoms with Gasteiger partial charge in [-0.2, -0.15) is 0 Å². The quantitative estimate of drug-likeness (QED) is 0.386. The van der Waals surface area contributed by atoms with Gasteiger partial charge in [-0.05, 0) is 59.9 Å². The molecule has 10 heteroatoms. The third-order valence-electron chi connectivity index (χ3n) is 8.13. The highest BCUT2D eigenvalue weighted by molar-refractivity contribution is 5.77. The minimum absolute atomic E-state index is 0.0251. The number of amides is 1. The van der Waals surface area contributed by atoms with E-state index in [-0.39, 0.29) is 28.7 Å². The van der Waals surface area contributed by atoms with Crippen LogP contribution in [0.15, 0.2) is 64.3 Å². The highest BCUT2D eigenvalue weighted by Gasteiger charge is 2.24. The van der Waals surface area contributed by atoms with Gasteiger partial charge in [0.05, 0.1) is 17.3 Å². The van der Waals surface area contributed by atoms with Crippen molar-refractivity contribution in [2.24, 2.45) is 0 Å². The number of fused-ring (bicyclic) bond motifs is 1. The normalized spacial score (nSPS) is 17.0. The van der Waals surface area contributed by atoms with Gasteiger partial charge in [0, 0.05) is 38.6 Å². The van der Waals surface area contributed by atoms with E-state index < -0.39 is 17.1 Å². The largest absolute Gasteiger partial charge is 0.508 e. The van der Waals surface area contributed by atoms with Gasteiger partial charge in [-0.25, -0.2) is 18.7 Å². The summed E-state index contributed by atoms with van der Waals surface area (Å²) in [5.41, 5.74) is 2.16. The maximum Gasteiger partial charge on any atom is 0.337 e. The molecule has 1 saturated heterocycles. The van der Waals surface area contributed by atoms with Crippen molar-refractivity contribution in [3.8, 4) is 22.6 Å². The first-order chi connectivity index (χ1) is 19.9. The number of aromatic hydroxyl groups is 1. The number of carbonyl (C=O) groups excluding carboxylic acids is 1. The second-order valence-corrected chi connectivity index (χ2v) is 10.9. The summed E-state index contributed by atoms with van der Waals surface area (Å²) in [7, 11) is 0. The summed E-state index contributed by atoms with van der Waals surface area (Å²) in [5.74, 6) is -0.475. The minimum atomic E-state index is -0.636. The lowest BCUT2D eigenvalue weighted by Gasteiger charge is -2.24. The van der Waals surface area contributed by atoms with E-state index in [0.29, 0.717) is 38.3 Å². The molecule has 4 aromatic rings. The van der Waals surface area contributed by atoms with E-state index in [0.717, 1.165) is 61.1 Å². The van der Waals surface area contributed by atoms with Gasteiger partial charge in [0.15, 0.2) is 5.65 Å². The van der Waals surface area contributed by atoms with Crippen molar-refractivity contribution in [1.82, 2.24) is 24.3 Å². The van der Waals surface area contributed by atoms with Gasteiger partial charge in [0.25, 0.3) is 5.56 Å². The van der Waals surface area contributed by atoms with E-state index in [1.54, 1.807) is 18.2 Å². The molecule has 6 rings (SSSR count). The van der Waals surface area contributed by atoms with Crippen LogP contribution in [-0.4, -0.2) is 49.7 Å². The van der Waals surface area contributed by atoms with Crippen LogP contribution in [0.4, 0.5) is 4.39 Å². The van der Waals surface area contributed by atoms with Gasteiger partial charge < -0.3 is 10.4 Å². The van der Waals surface area contributed by atoms with Crippen molar-refractivity contribution in [1.29, 1.82) is 0 Å². The first-order valence-electron chi connectivity index (χ1n) is 14.1. The average Bonchev–Trinajstić information content (AvgIpc) is 3.18. The predicted octanol–water partition coefficient (Wildman–Crippen LogP) is 3.89. The van der Waals surface area contributed by atoms with Gasteiger partial charge in [-0.15, -0.1) is 0 Å². The highest BCUT2D eigenvalue weighted by Crippen LogP contribution is 2.31. The molecule has 1 aliphatic carbocycles. The lowest BCUT2D eigenvalue weighted by Crippen LogP contribution is -2.42. The molecule has 2 aliphatic rings. The molecule has 1 amide bonds. The molecule has 0 atom stereocenters. The second-order valence-electron chi connectivity index (χ2n) is 10.9. The summed E-state index contributed by atoms with van der Waals surface area (Å²) in [6.45, 7) is 2.38. The maximum absolute atomic E-state index is 14.3. The molecule has 9 nitrogen and oxygen atoms in total. The van der Waals surface area contributed by atoms with Gasteiger partial charge >= 0.3 is 5.69 Å². The third kappa shape index (κ3) is 5.39. The molecule has 41 heavy (non-hydrogen) atoms. The Bertz CT molecular complexity index is 1740. The molecular weight excluding hydrogens is 525 g/mol. The van der Waals surface area contributed by atoms with Crippen molar-refractivity contribution < 1.29 is 14.3 Å². The number of aromatic nitrogens is 3. The van der Waals surface area contributed by atoms with Gasteiger partial charge in [0.1, 0.15) is 11.6 Å². The first-order valence-corrected chi connectivity index (χ1v) is 14.1. The van der Waals surface area contributed by atoms with E-state index in [9.17, 15) is 23.9 Å². The van der Waals surface area contributed by atoms with Crippen LogP contribution in [0.3, 0.4) is 0 Å². The maximum atomic E-state index is 14.3. The van der Waals surface area contributed by atoms with Gasteiger partial charge in [-0.1, -0.05) is 37.5 Å². The number of benzene rings is 2. The topological polar surface area (TPSA) is 109 Å². The number of carbonyl (C=O) groups is 1. The van der Waals surface area contributed by atoms with Crippen LogP contribution in [0.1, 0.15) is 50.1 Å².